The van der Waals surface area contributed by atoms with Crippen LogP contribution in [0.5, 0.6) is 11.5 Å². The lowest BCUT2D eigenvalue weighted by molar-refractivity contribution is -0.129. The van der Waals surface area contributed by atoms with Gasteiger partial charge < -0.3 is 28.7 Å². The van der Waals surface area contributed by atoms with Gasteiger partial charge in [0.2, 0.25) is 12.6 Å². The topological polar surface area (TPSA) is 96.2 Å². The molecule has 1 aliphatic rings. The van der Waals surface area contributed by atoms with E-state index in [-0.39, 0.29) is 25.7 Å². The molecular weight excluding hydrogens is 390 g/mol. The number of nitrogens with one attached hydrogen (secondary N) is 1. The van der Waals surface area contributed by atoms with Crippen LogP contribution in [0.2, 0.25) is 0 Å². The number of amides is 1. The quantitative estimate of drug-likeness (QED) is 0.597. The Balaban J connectivity index is 1.40. The zero-order chi connectivity index (χ0) is 21.1. The molecule has 2 aromatic carbocycles. The summed E-state index contributed by atoms with van der Waals surface area (Å²) in [6.07, 6.45) is -1.00. The summed E-state index contributed by atoms with van der Waals surface area (Å²) < 4.78 is 26.8. The van der Waals surface area contributed by atoms with Crippen molar-refractivity contribution in [3.05, 3.63) is 59.4 Å². The minimum absolute atomic E-state index is 0.0356. The average Bonchev–Trinajstić information content (AvgIpc) is 3.36. The van der Waals surface area contributed by atoms with Gasteiger partial charge in [0.25, 0.3) is 5.91 Å². The van der Waals surface area contributed by atoms with Crippen LogP contribution in [0.15, 0.2) is 46.9 Å². The molecule has 0 bridgehead atoms. The van der Waals surface area contributed by atoms with Gasteiger partial charge in [-0.3, -0.25) is 4.79 Å². The second-order valence-corrected chi connectivity index (χ2v) is 6.79. The molecule has 4 rings (SSSR count). The van der Waals surface area contributed by atoms with Gasteiger partial charge in [-0.25, -0.2) is 4.79 Å². The summed E-state index contributed by atoms with van der Waals surface area (Å²) in [5.41, 5.74) is 1.98. The number of carbonyl (C=O) groups excluding carboxylic acids is 2. The smallest absolute Gasteiger partial charge is 0.375 e. The SMILES string of the molecule is COCc1c(C(=O)O[C@@H](C)C(=O)NCc2ccc3c(c2)OCO3)oc2ccccc12. The van der Waals surface area contributed by atoms with Gasteiger partial charge in [0.15, 0.2) is 17.6 Å². The number of benzene rings is 2. The maximum atomic E-state index is 12.6. The van der Waals surface area contributed by atoms with Gasteiger partial charge in [0.1, 0.15) is 5.58 Å². The number of hydrogen-bond donors (Lipinski definition) is 1. The minimum Gasteiger partial charge on any atom is -0.454 e. The van der Waals surface area contributed by atoms with E-state index in [0.717, 1.165) is 10.9 Å². The molecule has 2 heterocycles. The molecule has 1 amide bonds. The third-order valence-electron chi connectivity index (χ3n) is 4.73. The Labute approximate surface area is 172 Å². The minimum atomic E-state index is -1.00. The summed E-state index contributed by atoms with van der Waals surface area (Å²) in [6, 6.07) is 12.7. The first-order valence-corrected chi connectivity index (χ1v) is 9.43. The van der Waals surface area contributed by atoms with Crippen LogP contribution in [0.25, 0.3) is 11.0 Å². The maximum absolute atomic E-state index is 12.6. The molecule has 1 aromatic heterocycles. The number of ether oxygens (including phenoxy) is 4. The monoisotopic (exact) mass is 411 g/mol. The standard InChI is InChI=1S/C22H21NO7/c1-13(21(24)23-10-14-7-8-18-19(9-14)28-12-27-18)29-22(25)20-16(11-26-2)15-5-3-4-6-17(15)30-20/h3-9,13H,10-12H2,1-2H3,(H,23,24)/t13-/m0/s1. The normalized spacial score (nSPS) is 13.3. The van der Waals surface area contributed by atoms with Gasteiger partial charge >= 0.3 is 5.97 Å². The zero-order valence-corrected chi connectivity index (χ0v) is 16.6. The van der Waals surface area contributed by atoms with Gasteiger partial charge in [-0.2, -0.15) is 0 Å². The lowest BCUT2D eigenvalue weighted by Gasteiger charge is -2.13. The summed E-state index contributed by atoms with van der Waals surface area (Å²) in [7, 11) is 1.53. The van der Waals surface area contributed by atoms with Gasteiger partial charge in [0.05, 0.1) is 6.61 Å². The van der Waals surface area contributed by atoms with Crippen molar-refractivity contribution in [2.24, 2.45) is 0 Å². The summed E-state index contributed by atoms with van der Waals surface area (Å²) in [4.78, 5) is 25.0. The number of hydrogen-bond acceptors (Lipinski definition) is 7. The summed E-state index contributed by atoms with van der Waals surface area (Å²) >= 11 is 0. The summed E-state index contributed by atoms with van der Waals surface area (Å²) in [5.74, 6) is 0.199. The first kappa shape index (κ1) is 19.8. The molecule has 0 saturated heterocycles. The fourth-order valence-corrected chi connectivity index (χ4v) is 3.20. The van der Waals surface area contributed by atoms with Crippen LogP contribution in [0.3, 0.4) is 0 Å². The molecule has 1 atom stereocenters. The van der Waals surface area contributed by atoms with Crippen molar-refractivity contribution in [2.75, 3.05) is 13.9 Å². The number of esters is 1. The third kappa shape index (κ3) is 3.95. The lowest BCUT2D eigenvalue weighted by Crippen LogP contribution is -2.35. The highest BCUT2D eigenvalue weighted by Crippen LogP contribution is 2.32. The van der Waals surface area contributed by atoms with E-state index in [1.54, 1.807) is 18.2 Å². The third-order valence-corrected chi connectivity index (χ3v) is 4.73. The Morgan fingerprint density at radius 2 is 1.93 bits per heavy atom. The molecule has 1 aliphatic heterocycles. The van der Waals surface area contributed by atoms with Crippen molar-refractivity contribution in [2.45, 2.75) is 26.2 Å². The molecule has 0 unspecified atom stereocenters. The van der Waals surface area contributed by atoms with Crippen molar-refractivity contribution < 1.29 is 33.0 Å². The molecule has 0 spiro atoms. The molecule has 3 aromatic rings. The molecule has 0 aliphatic carbocycles. The highest BCUT2D eigenvalue weighted by molar-refractivity contribution is 5.97. The van der Waals surface area contributed by atoms with E-state index >= 15 is 0 Å². The predicted octanol–water partition coefficient (Wildman–Crippen LogP) is 3.17. The predicted molar refractivity (Wildman–Crippen MR) is 106 cm³/mol. The number of rotatable bonds is 7. The van der Waals surface area contributed by atoms with Crippen LogP contribution < -0.4 is 14.8 Å². The first-order chi connectivity index (χ1) is 14.6. The van der Waals surface area contributed by atoms with Gasteiger partial charge in [-0.15, -0.1) is 0 Å². The first-order valence-electron chi connectivity index (χ1n) is 9.43. The van der Waals surface area contributed by atoms with Gasteiger partial charge in [0, 0.05) is 24.6 Å². The van der Waals surface area contributed by atoms with Crippen LogP contribution in [-0.4, -0.2) is 31.9 Å². The Morgan fingerprint density at radius 1 is 1.13 bits per heavy atom. The summed E-state index contributed by atoms with van der Waals surface area (Å²) in [5, 5.41) is 3.51. The fourth-order valence-electron chi connectivity index (χ4n) is 3.20. The average molecular weight is 411 g/mol. The Bertz CT molecular complexity index is 1090. The highest BCUT2D eigenvalue weighted by Gasteiger charge is 2.26. The van der Waals surface area contributed by atoms with E-state index < -0.39 is 18.0 Å². The van der Waals surface area contributed by atoms with E-state index in [0.29, 0.717) is 22.6 Å². The van der Waals surface area contributed by atoms with Gasteiger partial charge in [-0.05, 0) is 30.7 Å². The molecule has 8 heteroatoms. The van der Waals surface area contributed by atoms with Crippen LogP contribution in [-0.2, 0) is 27.4 Å². The van der Waals surface area contributed by atoms with Crippen LogP contribution >= 0.6 is 0 Å². The van der Waals surface area contributed by atoms with Crippen LogP contribution in [0, 0.1) is 0 Å². The second-order valence-electron chi connectivity index (χ2n) is 6.79. The van der Waals surface area contributed by atoms with E-state index in [9.17, 15) is 9.59 Å². The van der Waals surface area contributed by atoms with E-state index in [2.05, 4.69) is 5.32 Å². The number of para-hydroxylation sites is 1. The molecule has 0 radical (unpaired) electrons. The van der Waals surface area contributed by atoms with Crippen molar-refractivity contribution in [3.8, 4) is 11.5 Å². The highest BCUT2D eigenvalue weighted by atomic mass is 16.7. The number of methoxy groups -OCH3 is 1. The van der Waals surface area contributed by atoms with E-state index in [1.165, 1.54) is 14.0 Å². The Hall–Kier alpha value is -3.52. The van der Waals surface area contributed by atoms with E-state index in [4.69, 9.17) is 23.4 Å². The maximum Gasteiger partial charge on any atom is 0.375 e. The van der Waals surface area contributed by atoms with Crippen molar-refractivity contribution in [1.29, 1.82) is 0 Å². The second kappa shape index (κ2) is 8.46. The molecule has 0 saturated carbocycles. The van der Waals surface area contributed by atoms with E-state index in [1.807, 2.05) is 24.3 Å². The van der Waals surface area contributed by atoms with Crippen LogP contribution in [0.4, 0.5) is 0 Å². The molecule has 8 nitrogen and oxygen atoms in total. The molecule has 1 N–H and O–H groups in total. The lowest BCUT2D eigenvalue weighted by atomic mass is 10.1. The Kier molecular flexibility index (Phi) is 5.58. The fraction of sp³-hybridized carbons (Fsp3) is 0.273. The van der Waals surface area contributed by atoms with Crippen molar-refractivity contribution in [3.63, 3.8) is 0 Å². The number of carbonyl (C=O) groups is 2. The molecule has 0 fully saturated rings. The van der Waals surface area contributed by atoms with Gasteiger partial charge in [-0.1, -0.05) is 24.3 Å². The number of fused-ring (bicyclic) bond motifs is 2. The molecule has 30 heavy (non-hydrogen) atoms. The number of furan rings is 1. The zero-order valence-electron chi connectivity index (χ0n) is 16.6. The summed E-state index contributed by atoms with van der Waals surface area (Å²) in [6.45, 7) is 2.14. The molecule has 156 valence electrons. The van der Waals surface area contributed by atoms with Crippen molar-refractivity contribution in [1.82, 2.24) is 5.32 Å². The Morgan fingerprint density at radius 3 is 2.77 bits per heavy atom. The molecular formula is C22H21NO7. The largest absolute Gasteiger partial charge is 0.454 e. The van der Waals surface area contributed by atoms with Crippen LogP contribution in [0.1, 0.15) is 28.6 Å². The van der Waals surface area contributed by atoms with Crippen molar-refractivity contribution >= 4 is 22.8 Å².